The first-order valence-electron chi connectivity index (χ1n) is 6.55. The topological polar surface area (TPSA) is 38.5 Å². The average molecular weight is 311 g/mol. The largest absolute Gasteiger partial charge is 0.489 e. The second kappa shape index (κ2) is 8.49. The third-order valence-electron chi connectivity index (χ3n) is 2.97. The molecule has 2 N–H and O–H groups in total. The lowest BCUT2D eigenvalue weighted by Crippen LogP contribution is -2.24. The summed E-state index contributed by atoms with van der Waals surface area (Å²) in [6, 6.07) is 14.2. The summed E-state index contributed by atoms with van der Waals surface area (Å²) in [5.74, 6) is -0.0316. The molecular formula is C16H20ClFN2O. The van der Waals surface area contributed by atoms with E-state index in [1.54, 1.807) is 18.2 Å². The van der Waals surface area contributed by atoms with Gasteiger partial charge in [-0.05, 0) is 36.9 Å². The number of nitrogens with two attached hydrogens (primary N) is 1. The molecule has 0 saturated carbocycles. The second-order valence-electron chi connectivity index (χ2n) is 4.76. The Morgan fingerprint density at radius 2 is 1.90 bits per heavy atom. The van der Waals surface area contributed by atoms with Gasteiger partial charge in [0.15, 0.2) is 11.6 Å². The van der Waals surface area contributed by atoms with Gasteiger partial charge in [0.2, 0.25) is 0 Å². The molecule has 2 aromatic rings. The number of ether oxygens (including phenoxy) is 1. The lowest BCUT2D eigenvalue weighted by Gasteiger charge is -2.17. The summed E-state index contributed by atoms with van der Waals surface area (Å²) in [5, 5.41) is 0. The predicted molar refractivity (Wildman–Crippen MR) is 86.3 cm³/mol. The molecular weight excluding hydrogens is 291 g/mol. The smallest absolute Gasteiger partial charge is 0.165 e. The maximum absolute atomic E-state index is 13.4. The van der Waals surface area contributed by atoms with Gasteiger partial charge in [-0.3, -0.25) is 4.90 Å². The Morgan fingerprint density at radius 1 is 1.14 bits per heavy atom. The molecule has 2 rings (SSSR count). The molecule has 0 radical (unpaired) electrons. The molecule has 21 heavy (non-hydrogen) atoms. The van der Waals surface area contributed by atoms with E-state index in [2.05, 4.69) is 4.90 Å². The lowest BCUT2D eigenvalue weighted by molar-refractivity contribution is 0.226. The molecule has 0 unspecified atom stereocenters. The molecule has 0 spiro atoms. The third kappa shape index (κ3) is 5.61. The number of rotatable bonds is 6. The van der Waals surface area contributed by atoms with Crippen LogP contribution in [-0.2, 0) is 6.54 Å². The van der Waals surface area contributed by atoms with Gasteiger partial charge in [0.25, 0.3) is 0 Å². The minimum absolute atomic E-state index is 0. The molecule has 114 valence electrons. The summed E-state index contributed by atoms with van der Waals surface area (Å²) in [7, 11) is 1.99. The van der Waals surface area contributed by atoms with E-state index in [1.807, 2.05) is 31.3 Å². The minimum atomic E-state index is -0.328. The zero-order chi connectivity index (χ0) is 14.4. The highest BCUT2D eigenvalue weighted by molar-refractivity contribution is 5.85. The van der Waals surface area contributed by atoms with Crippen LogP contribution in [0.4, 0.5) is 10.1 Å². The third-order valence-corrected chi connectivity index (χ3v) is 2.97. The number of nitrogen functional groups attached to an aromatic ring is 1. The highest BCUT2D eigenvalue weighted by Gasteiger charge is 2.04. The molecule has 0 aliphatic heterocycles. The van der Waals surface area contributed by atoms with Crippen LogP contribution in [0.15, 0.2) is 48.5 Å². The fraction of sp³-hybridized carbons (Fsp3) is 0.250. The fourth-order valence-electron chi connectivity index (χ4n) is 1.96. The molecule has 0 bridgehead atoms. The number of halogens is 2. The van der Waals surface area contributed by atoms with Crippen molar-refractivity contribution in [3.05, 3.63) is 59.9 Å². The van der Waals surface area contributed by atoms with Crippen molar-refractivity contribution < 1.29 is 9.13 Å². The monoisotopic (exact) mass is 310 g/mol. The molecule has 0 heterocycles. The van der Waals surface area contributed by atoms with Crippen molar-refractivity contribution in [2.24, 2.45) is 0 Å². The van der Waals surface area contributed by atoms with E-state index in [1.165, 1.54) is 6.07 Å². The van der Waals surface area contributed by atoms with Crippen LogP contribution >= 0.6 is 12.4 Å². The first-order valence-corrected chi connectivity index (χ1v) is 6.55. The second-order valence-corrected chi connectivity index (χ2v) is 4.76. The van der Waals surface area contributed by atoms with Crippen molar-refractivity contribution >= 4 is 18.1 Å². The van der Waals surface area contributed by atoms with E-state index in [-0.39, 0.29) is 18.2 Å². The maximum atomic E-state index is 13.4. The van der Waals surface area contributed by atoms with Crippen molar-refractivity contribution in [2.45, 2.75) is 6.54 Å². The molecule has 0 aliphatic carbocycles. The highest BCUT2D eigenvalue weighted by Crippen LogP contribution is 2.15. The van der Waals surface area contributed by atoms with Gasteiger partial charge in [0, 0.05) is 18.8 Å². The number of para-hydroxylation sites is 1. The molecule has 0 atom stereocenters. The van der Waals surface area contributed by atoms with Crippen molar-refractivity contribution in [1.29, 1.82) is 0 Å². The summed E-state index contributed by atoms with van der Waals surface area (Å²) in [4.78, 5) is 2.11. The normalized spacial score (nSPS) is 10.2. The molecule has 0 aromatic heterocycles. The summed E-state index contributed by atoms with van der Waals surface area (Å²) >= 11 is 0. The van der Waals surface area contributed by atoms with Gasteiger partial charge in [-0.25, -0.2) is 4.39 Å². The fourth-order valence-corrected chi connectivity index (χ4v) is 1.96. The lowest BCUT2D eigenvalue weighted by atomic mass is 10.2. The van der Waals surface area contributed by atoms with Crippen LogP contribution in [0, 0.1) is 5.82 Å². The van der Waals surface area contributed by atoms with Crippen LogP contribution in [0.3, 0.4) is 0 Å². The molecule has 0 saturated heterocycles. The highest BCUT2D eigenvalue weighted by atomic mass is 35.5. The Bertz CT molecular complexity index is 565. The predicted octanol–water partition coefficient (Wildman–Crippen LogP) is 3.34. The van der Waals surface area contributed by atoms with E-state index in [0.29, 0.717) is 18.9 Å². The van der Waals surface area contributed by atoms with Gasteiger partial charge < -0.3 is 10.5 Å². The molecule has 3 nitrogen and oxygen atoms in total. The number of likely N-dealkylation sites (N-methyl/N-ethyl adjacent to an activating group) is 1. The quantitative estimate of drug-likeness (QED) is 0.832. The van der Waals surface area contributed by atoms with Gasteiger partial charge in [-0.2, -0.15) is 0 Å². The van der Waals surface area contributed by atoms with Gasteiger partial charge in [-0.15, -0.1) is 12.4 Å². The Balaban J connectivity index is 0.00000220. The minimum Gasteiger partial charge on any atom is -0.489 e. The summed E-state index contributed by atoms with van der Waals surface area (Å²) in [6.07, 6.45) is 0. The SMILES string of the molecule is CN(CCOc1ccccc1F)Cc1cccc(N)c1.Cl. The Labute approximate surface area is 130 Å². The van der Waals surface area contributed by atoms with Crippen LogP contribution in [0.25, 0.3) is 0 Å². The number of anilines is 1. The standard InChI is InChI=1S/C16H19FN2O.ClH/c1-19(12-13-5-4-6-14(18)11-13)9-10-20-16-8-3-2-7-15(16)17;/h2-8,11H,9-10,12,18H2,1H3;1H. The van der Waals surface area contributed by atoms with Gasteiger partial charge in [0.05, 0.1) is 0 Å². The number of hydrogen-bond acceptors (Lipinski definition) is 3. The zero-order valence-electron chi connectivity index (χ0n) is 12.0. The average Bonchev–Trinajstić information content (AvgIpc) is 2.41. The first kappa shape index (κ1) is 17.3. The van der Waals surface area contributed by atoms with Gasteiger partial charge in [0.1, 0.15) is 6.61 Å². The van der Waals surface area contributed by atoms with Crippen LogP contribution in [0.5, 0.6) is 5.75 Å². The van der Waals surface area contributed by atoms with Gasteiger partial charge in [-0.1, -0.05) is 24.3 Å². The van der Waals surface area contributed by atoms with Crippen molar-refractivity contribution in [1.82, 2.24) is 4.90 Å². The van der Waals surface area contributed by atoms with Crippen LogP contribution in [-0.4, -0.2) is 25.1 Å². The molecule has 2 aromatic carbocycles. The van der Waals surface area contributed by atoms with E-state index in [0.717, 1.165) is 17.8 Å². The molecule has 0 fully saturated rings. The number of benzene rings is 2. The summed E-state index contributed by atoms with van der Waals surface area (Å²) < 4.78 is 18.8. The van der Waals surface area contributed by atoms with Crippen LogP contribution in [0.1, 0.15) is 5.56 Å². The van der Waals surface area contributed by atoms with E-state index in [4.69, 9.17) is 10.5 Å². The van der Waals surface area contributed by atoms with E-state index >= 15 is 0 Å². The first-order chi connectivity index (χ1) is 9.65. The summed E-state index contributed by atoms with van der Waals surface area (Å²) in [6.45, 7) is 1.94. The Morgan fingerprint density at radius 3 is 2.62 bits per heavy atom. The Kier molecular flexibility index (Phi) is 6.99. The number of nitrogens with zero attached hydrogens (tertiary/aromatic N) is 1. The maximum Gasteiger partial charge on any atom is 0.165 e. The van der Waals surface area contributed by atoms with Crippen molar-refractivity contribution in [3.8, 4) is 5.75 Å². The van der Waals surface area contributed by atoms with Crippen LogP contribution < -0.4 is 10.5 Å². The number of hydrogen-bond donors (Lipinski definition) is 1. The van der Waals surface area contributed by atoms with E-state index in [9.17, 15) is 4.39 Å². The Hall–Kier alpha value is -1.78. The van der Waals surface area contributed by atoms with Crippen LogP contribution in [0.2, 0.25) is 0 Å². The molecule has 0 aliphatic rings. The van der Waals surface area contributed by atoms with Gasteiger partial charge >= 0.3 is 0 Å². The molecule has 5 heteroatoms. The van der Waals surface area contributed by atoms with E-state index < -0.39 is 0 Å². The summed E-state index contributed by atoms with van der Waals surface area (Å²) in [5.41, 5.74) is 7.66. The zero-order valence-corrected chi connectivity index (χ0v) is 12.8. The molecule has 0 amide bonds. The van der Waals surface area contributed by atoms with Crippen molar-refractivity contribution in [3.63, 3.8) is 0 Å². The van der Waals surface area contributed by atoms with Crippen molar-refractivity contribution in [2.75, 3.05) is 25.9 Å².